The number of nitrogens with two attached hydrogens (primary N) is 1. The van der Waals surface area contributed by atoms with Crippen molar-refractivity contribution in [2.45, 2.75) is 44.6 Å². The van der Waals surface area contributed by atoms with E-state index in [4.69, 9.17) is 15.2 Å². The molecule has 0 aliphatic rings. The molecule has 5 N–H and O–H groups in total. The molecule has 10 heteroatoms. The van der Waals surface area contributed by atoms with Gasteiger partial charge >= 0.3 is 18.2 Å². The highest BCUT2D eigenvalue weighted by molar-refractivity contribution is 5.84. The first-order valence-corrected chi connectivity index (χ1v) is 10.3. The summed E-state index contributed by atoms with van der Waals surface area (Å²) in [6, 6.07) is 15.6. The molecule has 0 radical (unpaired) electrons. The molecule has 176 valence electrons. The van der Waals surface area contributed by atoms with E-state index in [0.29, 0.717) is 0 Å². The van der Waals surface area contributed by atoms with Crippen LogP contribution in [0.5, 0.6) is 0 Å². The standard InChI is InChI=1S/C23H27N3O7/c24-20(27)18(25-22(30)32-14-16-8-3-1-4-9-16)12-7-13-19(21(28)29)26-23(31)33-15-17-10-5-2-6-11-17/h1-6,8-11,18-19H,7,12-15H2,(H2,24,27)(H,25,30)(H,26,31)(H,28,29)/t18?,19-/m0/s1. The van der Waals surface area contributed by atoms with Gasteiger partial charge in [0.15, 0.2) is 0 Å². The Balaban J connectivity index is 1.76. The Morgan fingerprint density at radius 2 is 1.18 bits per heavy atom. The molecule has 0 spiro atoms. The van der Waals surface area contributed by atoms with Crippen LogP contribution in [0.15, 0.2) is 60.7 Å². The molecule has 1 unspecified atom stereocenters. The Hall–Kier alpha value is -4.08. The van der Waals surface area contributed by atoms with E-state index in [0.717, 1.165) is 11.1 Å². The maximum atomic E-state index is 12.0. The summed E-state index contributed by atoms with van der Waals surface area (Å²) >= 11 is 0. The van der Waals surface area contributed by atoms with Crippen molar-refractivity contribution in [2.24, 2.45) is 5.73 Å². The van der Waals surface area contributed by atoms with Crippen LogP contribution in [0.25, 0.3) is 0 Å². The molecule has 2 rings (SSSR count). The molecule has 0 aromatic heterocycles. The number of carbonyl (C=O) groups is 4. The minimum absolute atomic E-state index is 0.000291. The van der Waals surface area contributed by atoms with Gasteiger partial charge in [-0.15, -0.1) is 0 Å². The lowest BCUT2D eigenvalue weighted by molar-refractivity contribution is -0.139. The molecule has 0 aliphatic heterocycles. The Kier molecular flexibility index (Phi) is 10.2. The molecule has 0 bridgehead atoms. The summed E-state index contributed by atoms with van der Waals surface area (Å²) in [6.45, 7) is 0.0199. The van der Waals surface area contributed by atoms with Crippen molar-refractivity contribution in [2.75, 3.05) is 0 Å². The molecular weight excluding hydrogens is 430 g/mol. The Bertz CT molecular complexity index is 847. The first-order chi connectivity index (χ1) is 15.8. The first-order valence-electron chi connectivity index (χ1n) is 10.3. The summed E-state index contributed by atoms with van der Waals surface area (Å²) in [7, 11) is 0. The highest BCUT2D eigenvalue weighted by Gasteiger charge is 2.23. The van der Waals surface area contributed by atoms with E-state index in [1.807, 2.05) is 12.1 Å². The maximum Gasteiger partial charge on any atom is 0.408 e. The third-order valence-electron chi connectivity index (χ3n) is 4.64. The van der Waals surface area contributed by atoms with Crippen LogP contribution in [0.3, 0.4) is 0 Å². The third-order valence-corrected chi connectivity index (χ3v) is 4.64. The van der Waals surface area contributed by atoms with Gasteiger partial charge in [-0.25, -0.2) is 14.4 Å². The normalized spacial score (nSPS) is 12.1. The molecule has 0 heterocycles. The number of aliphatic carboxylic acids is 1. The summed E-state index contributed by atoms with van der Waals surface area (Å²) in [5, 5.41) is 14.0. The lowest BCUT2D eigenvalue weighted by Crippen LogP contribution is -2.45. The van der Waals surface area contributed by atoms with E-state index >= 15 is 0 Å². The number of carboxylic acids is 1. The fraction of sp³-hybridized carbons (Fsp3) is 0.304. The van der Waals surface area contributed by atoms with Crippen LogP contribution in [0, 0.1) is 0 Å². The van der Waals surface area contributed by atoms with Gasteiger partial charge in [0.2, 0.25) is 5.91 Å². The van der Waals surface area contributed by atoms with Crippen molar-refractivity contribution in [3.8, 4) is 0 Å². The highest BCUT2D eigenvalue weighted by atomic mass is 16.6. The van der Waals surface area contributed by atoms with Gasteiger partial charge in [-0.2, -0.15) is 0 Å². The number of carbonyl (C=O) groups excluding carboxylic acids is 3. The van der Waals surface area contributed by atoms with Crippen LogP contribution in [0.4, 0.5) is 9.59 Å². The number of benzene rings is 2. The van der Waals surface area contributed by atoms with Crippen LogP contribution >= 0.6 is 0 Å². The van der Waals surface area contributed by atoms with Crippen molar-refractivity contribution in [3.63, 3.8) is 0 Å². The van der Waals surface area contributed by atoms with Gasteiger partial charge in [0, 0.05) is 0 Å². The van der Waals surface area contributed by atoms with Gasteiger partial charge in [0.05, 0.1) is 0 Å². The second kappa shape index (κ2) is 13.4. The average Bonchev–Trinajstić information content (AvgIpc) is 2.81. The highest BCUT2D eigenvalue weighted by Crippen LogP contribution is 2.08. The average molecular weight is 457 g/mol. The van der Waals surface area contributed by atoms with Crippen LogP contribution in [-0.2, 0) is 32.3 Å². The Morgan fingerprint density at radius 3 is 1.61 bits per heavy atom. The van der Waals surface area contributed by atoms with E-state index < -0.39 is 36.1 Å². The van der Waals surface area contributed by atoms with Crippen molar-refractivity contribution in [3.05, 3.63) is 71.8 Å². The van der Waals surface area contributed by atoms with Gasteiger partial charge in [-0.3, -0.25) is 4.79 Å². The SMILES string of the molecule is NC(=O)C(CCC[C@H](NC(=O)OCc1ccccc1)C(=O)O)NC(=O)OCc1ccccc1. The lowest BCUT2D eigenvalue weighted by Gasteiger charge is -2.18. The number of ether oxygens (including phenoxy) is 2. The number of amides is 3. The Labute approximate surface area is 191 Å². The molecule has 0 fully saturated rings. The fourth-order valence-corrected chi connectivity index (χ4v) is 2.88. The summed E-state index contributed by atoms with van der Waals surface area (Å²) in [6.07, 6.45) is -1.44. The topological polar surface area (TPSA) is 157 Å². The van der Waals surface area contributed by atoms with Crippen LogP contribution in [-0.4, -0.2) is 41.3 Å². The second-order valence-electron chi connectivity index (χ2n) is 7.19. The molecule has 10 nitrogen and oxygen atoms in total. The van der Waals surface area contributed by atoms with E-state index in [-0.39, 0.29) is 32.5 Å². The number of hydrogen-bond donors (Lipinski definition) is 4. The predicted octanol–water partition coefficient (Wildman–Crippen LogP) is 2.32. The van der Waals surface area contributed by atoms with Gasteiger partial charge in [0.25, 0.3) is 0 Å². The van der Waals surface area contributed by atoms with Crippen LogP contribution in [0.1, 0.15) is 30.4 Å². The smallest absolute Gasteiger partial charge is 0.408 e. The van der Waals surface area contributed by atoms with Crippen molar-refractivity contribution >= 4 is 24.1 Å². The molecule has 33 heavy (non-hydrogen) atoms. The van der Waals surface area contributed by atoms with Crippen LogP contribution in [0.2, 0.25) is 0 Å². The number of carboxylic acid groups (broad SMARTS) is 1. The quantitative estimate of drug-likeness (QED) is 0.381. The zero-order valence-corrected chi connectivity index (χ0v) is 17.9. The third kappa shape index (κ3) is 9.72. The first kappa shape index (κ1) is 25.2. The van der Waals surface area contributed by atoms with Crippen molar-refractivity contribution in [1.29, 1.82) is 0 Å². The summed E-state index contributed by atoms with van der Waals surface area (Å²) in [4.78, 5) is 47.0. The van der Waals surface area contributed by atoms with Gasteiger partial charge in [0.1, 0.15) is 25.3 Å². The second-order valence-corrected chi connectivity index (χ2v) is 7.19. The molecule has 2 aromatic carbocycles. The largest absolute Gasteiger partial charge is 0.480 e. The molecule has 2 atom stereocenters. The van der Waals surface area contributed by atoms with Gasteiger partial charge in [-0.05, 0) is 30.4 Å². The summed E-state index contributed by atoms with van der Waals surface area (Å²) in [5.74, 6) is -2.04. The number of alkyl carbamates (subject to hydrolysis) is 2. The van der Waals surface area contributed by atoms with Crippen molar-refractivity contribution < 1.29 is 33.8 Å². The van der Waals surface area contributed by atoms with Gasteiger partial charge in [-0.1, -0.05) is 60.7 Å². The van der Waals surface area contributed by atoms with E-state index in [1.54, 1.807) is 48.5 Å². The summed E-state index contributed by atoms with van der Waals surface area (Å²) in [5.41, 5.74) is 6.86. The molecule has 2 aromatic rings. The minimum Gasteiger partial charge on any atom is -0.480 e. The fourth-order valence-electron chi connectivity index (χ4n) is 2.88. The predicted molar refractivity (Wildman–Crippen MR) is 118 cm³/mol. The molecule has 3 amide bonds. The van der Waals surface area contributed by atoms with Gasteiger partial charge < -0.3 is 30.9 Å². The zero-order chi connectivity index (χ0) is 24.1. The zero-order valence-electron chi connectivity index (χ0n) is 17.9. The van der Waals surface area contributed by atoms with Crippen LogP contribution < -0.4 is 16.4 Å². The summed E-state index contributed by atoms with van der Waals surface area (Å²) < 4.78 is 10.1. The molecule has 0 saturated carbocycles. The maximum absolute atomic E-state index is 12.0. The molecule has 0 saturated heterocycles. The van der Waals surface area contributed by atoms with Crippen molar-refractivity contribution in [1.82, 2.24) is 10.6 Å². The van der Waals surface area contributed by atoms with E-state index in [1.165, 1.54) is 0 Å². The number of rotatable bonds is 12. The van der Waals surface area contributed by atoms with E-state index in [9.17, 15) is 24.3 Å². The molecular formula is C23H27N3O7. The Morgan fingerprint density at radius 1 is 0.758 bits per heavy atom. The number of hydrogen-bond acceptors (Lipinski definition) is 6. The monoisotopic (exact) mass is 457 g/mol. The van der Waals surface area contributed by atoms with E-state index in [2.05, 4.69) is 10.6 Å². The number of nitrogens with one attached hydrogen (secondary N) is 2. The molecule has 0 aliphatic carbocycles. The minimum atomic E-state index is -1.25. The lowest BCUT2D eigenvalue weighted by atomic mass is 10.1. The number of primary amides is 1.